The minimum Gasteiger partial charge on any atom is -0.480 e. The number of benzene rings is 1. The summed E-state index contributed by atoms with van der Waals surface area (Å²) < 4.78 is 1.42. The second-order valence-corrected chi connectivity index (χ2v) is 5.68. The SMILES string of the molecule is CC(C(=O)O)N(C(=O)c1ccc2[nH]c(=O)n(C)c2c1)C1CC1. The van der Waals surface area contributed by atoms with Crippen LogP contribution in [-0.2, 0) is 11.8 Å². The van der Waals surface area contributed by atoms with Crippen molar-refractivity contribution >= 4 is 22.9 Å². The van der Waals surface area contributed by atoms with E-state index in [4.69, 9.17) is 0 Å². The molecule has 22 heavy (non-hydrogen) atoms. The van der Waals surface area contributed by atoms with E-state index in [1.165, 1.54) is 16.4 Å². The van der Waals surface area contributed by atoms with Crippen molar-refractivity contribution in [1.82, 2.24) is 14.5 Å². The van der Waals surface area contributed by atoms with Gasteiger partial charge in [0.05, 0.1) is 11.0 Å². The summed E-state index contributed by atoms with van der Waals surface area (Å²) in [5, 5.41) is 9.20. The van der Waals surface area contributed by atoms with Gasteiger partial charge in [-0.2, -0.15) is 0 Å². The van der Waals surface area contributed by atoms with Crippen LogP contribution in [0.25, 0.3) is 11.0 Å². The van der Waals surface area contributed by atoms with E-state index in [2.05, 4.69) is 4.98 Å². The van der Waals surface area contributed by atoms with Crippen LogP contribution in [0.4, 0.5) is 0 Å². The van der Waals surface area contributed by atoms with Crippen molar-refractivity contribution in [2.24, 2.45) is 7.05 Å². The van der Waals surface area contributed by atoms with Gasteiger partial charge < -0.3 is 15.0 Å². The largest absolute Gasteiger partial charge is 0.480 e. The number of rotatable bonds is 4. The van der Waals surface area contributed by atoms with E-state index in [-0.39, 0.29) is 17.6 Å². The monoisotopic (exact) mass is 303 g/mol. The number of aliphatic carboxylic acids is 1. The molecule has 1 saturated carbocycles. The second-order valence-electron chi connectivity index (χ2n) is 5.68. The van der Waals surface area contributed by atoms with Gasteiger partial charge in [0.2, 0.25) is 0 Å². The number of fused-ring (bicyclic) bond motifs is 1. The lowest BCUT2D eigenvalue weighted by Gasteiger charge is -2.26. The van der Waals surface area contributed by atoms with Gasteiger partial charge in [-0.15, -0.1) is 0 Å². The van der Waals surface area contributed by atoms with E-state index in [9.17, 15) is 19.5 Å². The molecule has 1 aromatic heterocycles. The Morgan fingerprint density at radius 3 is 2.68 bits per heavy atom. The quantitative estimate of drug-likeness (QED) is 0.879. The van der Waals surface area contributed by atoms with Gasteiger partial charge in [0.1, 0.15) is 6.04 Å². The van der Waals surface area contributed by atoms with Gasteiger partial charge in [0, 0.05) is 18.7 Å². The molecule has 3 rings (SSSR count). The van der Waals surface area contributed by atoms with E-state index in [0.29, 0.717) is 16.6 Å². The summed E-state index contributed by atoms with van der Waals surface area (Å²) in [5.74, 6) is -1.33. The van der Waals surface area contributed by atoms with Gasteiger partial charge >= 0.3 is 11.7 Å². The highest BCUT2D eigenvalue weighted by atomic mass is 16.4. The Morgan fingerprint density at radius 2 is 2.09 bits per heavy atom. The summed E-state index contributed by atoms with van der Waals surface area (Å²) in [5.41, 5.74) is 1.41. The van der Waals surface area contributed by atoms with Gasteiger partial charge in [0.15, 0.2) is 0 Å². The Balaban J connectivity index is 2.01. The van der Waals surface area contributed by atoms with E-state index < -0.39 is 12.0 Å². The third-order valence-corrected chi connectivity index (χ3v) is 4.10. The van der Waals surface area contributed by atoms with E-state index in [1.807, 2.05) is 0 Å². The molecule has 1 heterocycles. The van der Waals surface area contributed by atoms with Crippen LogP contribution >= 0.6 is 0 Å². The number of amides is 1. The summed E-state index contributed by atoms with van der Waals surface area (Å²) in [4.78, 5) is 39.6. The summed E-state index contributed by atoms with van der Waals surface area (Å²) in [6.07, 6.45) is 1.66. The number of carbonyl (C=O) groups is 2. The van der Waals surface area contributed by atoms with Crippen molar-refractivity contribution in [3.05, 3.63) is 34.2 Å². The first-order chi connectivity index (χ1) is 10.4. The highest BCUT2D eigenvalue weighted by molar-refractivity contribution is 5.99. The molecule has 1 aromatic carbocycles. The van der Waals surface area contributed by atoms with E-state index >= 15 is 0 Å². The first-order valence-electron chi connectivity index (χ1n) is 7.14. The molecule has 0 saturated heterocycles. The van der Waals surface area contributed by atoms with Crippen LogP contribution in [0.5, 0.6) is 0 Å². The standard InChI is InChI=1S/C15H17N3O4/c1-8(14(20)21)18(10-4-5-10)13(19)9-3-6-11-12(7-9)17(2)15(22)16-11/h3,6-8,10H,4-5H2,1-2H3,(H,16,22)(H,20,21). The Morgan fingerprint density at radius 1 is 1.41 bits per heavy atom. The minimum atomic E-state index is -1.02. The van der Waals surface area contributed by atoms with E-state index in [1.54, 1.807) is 25.2 Å². The maximum atomic E-state index is 12.7. The zero-order chi connectivity index (χ0) is 16.0. The van der Waals surface area contributed by atoms with Gasteiger partial charge in [-0.05, 0) is 38.0 Å². The third-order valence-electron chi connectivity index (χ3n) is 4.10. The second kappa shape index (κ2) is 5.01. The Bertz CT molecular complexity index is 816. The topological polar surface area (TPSA) is 95.4 Å². The molecule has 1 amide bonds. The number of nitrogens with zero attached hydrogens (tertiary/aromatic N) is 2. The fourth-order valence-electron chi connectivity index (χ4n) is 2.64. The fraction of sp³-hybridized carbons (Fsp3) is 0.400. The number of carboxylic acid groups (broad SMARTS) is 1. The highest BCUT2D eigenvalue weighted by Crippen LogP contribution is 2.30. The maximum absolute atomic E-state index is 12.7. The first kappa shape index (κ1) is 14.4. The fourth-order valence-corrected chi connectivity index (χ4v) is 2.64. The molecule has 7 nitrogen and oxygen atoms in total. The number of hydrogen-bond donors (Lipinski definition) is 2. The Kier molecular flexibility index (Phi) is 3.27. The van der Waals surface area contributed by atoms with Crippen molar-refractivity contribution in [3.8, 4) is 0 Å². The highest BCUT2D eigenvalue weighted by Gasteiger charge is 2.38. The van der Waals surface area contributed by atoms with Crippen LogP contribution in [0.2, 0.25) is 0 Å². The molecule has 0 spiro atoms. The van der Waals surface area contributed by atoms with Crippen molar-refractivity contribution in [2.45, 2.75) is 31.8 Å². The molecule has 0 aliphatic heterocycles. The smallest absolute Gasteiger partial charge is 0.326 e. The number of aromatic nitrogens is 2. The lowest BCUT2D eigenvalue weighted by Crippen LogP contribution is -2.44. The molecule has 1 aliphatic rings. The lowest BCUT2D eigenvalue weighted by molar-refractivity contribution is -0.141. The average Bonchev–Trinajstić information content (AvgIpc) is 3.27. The van der Waals surface area contributed by atoms with Crippen LogP contribution in [0.3, 0.4) is 0 Å². The van der Waals surface area contributed by atoms with Crippen molar-refractivity contribution in [3.63, 3.8) is 0 Å². The van der Waals surface area contributed by atoms with Crippen molar-refractivity contribution in [1.29, 1.82) is 0 Å². The Hall–Kier alpha value is -2.57. The maximum Gasteiger partial charge on any atom is 0.326 e. The molecule has 1 aliphatic carbocycles. The molecule has 116 valence electrons. The summed E-state index contributed by atoms with van der Waals surface area (Å²) in [6.45, 7) is 1.52. The third kappa shape index (κ3) is 2.28. The van der Waals surface area contributed by atoms with Gasteiger partial charge in [-0.1, -0.05) is 0 Å². The van der Waals surface area contributed by atoms with Gasteiger partial charge in [-0.3, -0.25) is 9.36 Å². The Labute approximate surface area is 126 Å². The zero-order valence-electron chi connectivity index (χ0n) is 12.4. The number of carboxylic acids is 1. The molecule has 1 fully saturated rings. The van der Waals surface area contributed by atoms with Crippen LogP contribution in [0.15, 0.2) is 23.0 Å². The molecule has 7 heteroatoms. The predicted octanol–water partition coefficient (Wildman–Crippen LogP) is 0.944. The number of aromatic amines is 1. The normalized spacial score (nSPS) is 15.7. The predicted molar refractivity (Wildman–Crippen MR) is 79.8 cm³/mol. The number of carbonyl (C=O) groups excluding carboxylic acids is 1. The molecule has 1 atom stereocenters. The number of imidazole rings is 1. The summed E-state index contributed by atoms with van der Waals surface area (Å²) in [7, 11) is 1.62. The summed E-state index contributed by atoms with van der Waals surface area (Å²) in [6, 6.07) is 4.03. The van der Waals surface area contributed by atoms with Crippen LogP contribution in [-0.4, -0.2) is 43.5 Å². The molecular formula is C15H17N3O4. The molecule has 1 unspecified atom stereocenters. The number of H-pyrrole nitrogens is 1. The summed E-state index contributed by atoms with van der Waals surface area (Å²) >= 11 is 0. The zero-order valence-corrected chi connectivity index (χ0v) is 12.4. The van der Waals surface area contributed by atoms with Crippen LogP contribution in [0, 0.1) is 0 Å². The van der Waals surface area contributed by atoms with Gasteiger partial charge in [-0.25, -0.2) is 9.59 Å². The number of hydrogen-bond acceptors (Lipinski definition) is 3. The lowest BCUT2D eigenvalue weighted by atomic mass is 10.1. The molecule has 2 N–H and O–H groups in total. The number of aryl methyl sites for hydroxylation is 1. The first-order valence-corrected chi connectivity index (χ1v) is 7.14. The molecular weight excluding hydrogens is 286 g/mol. The van der Waals surface area contributed by atoms with Crippen LogP contribution in [0.1, 0.15) is 30.1 Å². The van der Waals surface area contributed by atoms with Crippen molar-refractivity contribution in [2.75, 3.05) is 0 Å². The van der Waals surface area contributed by atoms with Crippen LogP contribution < -0.4 is 5.69 Å². The average molecular weight is 303 g/mol. The minimum absolute atomic E-state index is 0.00987. The van der Waals surface area contributed by atoms with Gasteiger partial charge in [0.25, 0.3) is 5.91 Å². The molecule has 2 aromatic rings. The van der Waals surface area contributed by atoms with Crippen molar-refractivity contribution < 1.29 is 14.7 Å². The molecule has 0 radical (unpaired) electrons. The van der Waals surface area contributed by atoms with E-state index in [0.717, 1.165) is 12.8 Å². The molecule has 0 bridgehead atoms. The number of nitrogens with one attached hydrogen (secondary N) is 1.